The lowest BCUT2D eigenvalue weighted by atomic mass is 10.1. The van der Waals surface area contributed by atoms with Gasteiger partial charge in [-0.1, -0.05) is 0 Å². The fourth-order valence-electron chi connectivity index (χ4n) is 3.43. The predicted octanol–water partition coefficient (Wildman–Crippen LogP) is 2.34. The van der Waals surface area contributed by atoms with Crippen LogP contribution in [-0.2, 0) is 14.3 Å². The standard InChI is InChI=1S/C19H16N4O4S/c20-9-12-5-7-28-18(12)22-16(24)10-27-19(26)11-3-4-14-13(8-11)21-17(25)15-2-1-6-23(14)15/h3-5,7-8,15H,1-2,6,10H2,(H,21,25)(H,22,24)/t15-/m1/s1. The molecule has 2 aromatic rings. The highest BCUT2D eigenvalue weighted by Crippen LogP contribution is 2.37. The summed E-state index contributed by atoms with van der Waals surface area (Å²) in [5.74, 6) is -1.26. The van der Waals surface area contributed by atoms with Crippen molar-refractivity contribution < 1.29 is 19.1 Å². The fourth-order valence-corrected chi connectivity index (χ4v) is 4.18. The van der Waals surface area contributed by atoms with Crippen molar-refractivity contribution in [2.24, 2.45) is 0 Å². The third-order valence-electron chi connectivity index (χ3n) is 4.73. The van der Waals surface area contributed by atoms with Gasteiger partial charge in [0.15, 0.2) is 6.61 Å². The number of hydrogen-bond acceptors (Lipinski definition) is 7. The number of nitrogens with zero attached hydrogens (tertiary/aromatic N) is 2. The van der Waals surface area contributed by atoms with Crippen LogP contribution in [-0.4, -0.2) is 37.0 Å². The maximum Gasteiger partial charge on any atom is 0.338 e. The molecule has 0 bridgehead atoms. The Hall–Kier alpha value is -3.38. The largest absolute Gasteiger partial charge is 0.452 e. The monoisotopic (exact) mass is 396 g/mol. The van der Waals surface area contributed by atoms with Crippen molar-refractivity contribution in [2.45, 2.75) is 18.9 Å². The predicted molar refractivity (Wildman–Crippen MR) is 103 cm³/mol. The van der Waals surface area contributed by atoms with Crippen LogP contribution < -0.4 is 15.5 Å². The average molecular weight is 396 g/mol. The second-order valence-corrected chi connectivity index (χ2v) is 7.39. The minimum absolute atomic E-state index is 0.0702. The first kappa shape index (κ1) is 18.0. The van der Waals surface area contributed by atoms with Crippen LogP contribution in [0.15, 0.2) is 29.6 Å². The van der Waals surface area contributed by atoms with Crippen molar-refractivity contribution >= 4 is 45.5 Å². The van der Waals surface area contributed by atoms with Gasteiger partial charge in [0.05, 0.1) is 22.5 Å². The first-order valence-corrected chi connectivity index (χ1v) is 9.61. The van der Waals surface area contributed by atoms with Gasteiger partial charge in [-0.3, -0.25) is 9.59 Å². The van der Waals surface area contributed by atoms with E-state index in [0.717, 1.165) is 25.1 Å². The molecule has 4 rings (SSSR count). The molecule has 3 heterocycles. The highest BCUT2D eigenvalue weighted by molar-refractivity contribution is 7.14. The normalized spacial score (nSPS) is 17.2. The molecule has 2 aliphatic heterocycles. The highest BCUT2D eigenvalue weighted by atomic mass is 32.1. The molecule has 28 heavy (non-hydrogen) atoms. The van der Waals surface area contributed by atoms with Crippen LogP contribution in [0.1, 0.15) is 28.8 Å². The van der Waals surface area contributed by atoms with Crippen LogP contribution in [0.4, 0.5) is 16.4 Å². The summed E-state index contributed by atoms with van der Waals surface area (Å²) in [6.07, 6.45) is 1.77. The maximum atomic E-state index is 12.3. The number of thiophene rings is 1. The van der Waals surface area contributed by atoms with Gasteiger partial charge in [-0.25, -0.2) is 4.79 Å². The van der Waals surface area contributed by atoms with Crippen molar-refractivity contribution in [2.75, 3.05) is 28.7 Å². The molecule has 1 atom stereocenters. The van der Waals surface area contributed by atoms with E-state index in [1.165, 1.54) is 11.3 Å². The van der Waals surface area contributed by atoms with Crippen LogP contribution in [0.25, 0.3) is 0 Å². The number of fused-ring (bicyclic) bond motifs is 3. The average Bonchev–Trinajstić information content (AvgIpc) is 3.35. The Morgan fingerprint density at radius 2 is 2.25 bits per heavy atom. The summed E-state index contributed by atoms with van der Waals surface area (Å²) < 4.78 is 5.06. The van der Waals surface area contributed by atoms with Gasteiger partial charge in [-0.15, -0.1) is 11.3 Å². The van der Waals surface area contributed by atoms with Crippen LogP contribution in [0.5, 0.6) is 0 Å². The van der Waals surface area contributed by atoms with Crippen LogP contribution >= 0.6 is 11.3 Å². The Bertz CT molecular complexity index is 1010. The van der Waals surface area contributed by atoms with Crippen LogP contribution in [0.2, 0.25) is 0 Å². The molecule has 1 fully saturated rings. The van der Waals surface area contributed by atoms with Gasteiger partial charge < -0.3 is 20.3 Å². The van der Waals surface area contributed by atoms with Crippen molar-refractivity contribution in [3.05, 3.63) is 40.8 Å². The zero-order chi connectivity index (χ0) is 19.7. The molecule has 0 radical (unpaired) electrons. The first-order valence-electron chi connectivity index (χ1n) is 8.73. The van der Waals surface area contributed by atoms with Crippen LogP contribution in [0, 0.1) is 11.3 Å². The third kappa shape index (κ3) is 3.30. The SMILES string of the molecule is N#Cc1ccsc1NC(=O)COC(=O)c1ccc2c(c1)NC(=O)[C@H]1CCCN21. The Kier molecular flexibility index (Phi) is 4.71. The lowest BCUT2D eigenvalue weighted by Crippen LogP contribution is -2.43. The highest BCUT2D eigenvalue weighted by Gasteiger charge is 2.36. The van der Waals surface area contributed by atoms with E-state index in [1.807, 2.05) is 11.0 Å². The summed E-state index contributed by atoms with van der Waals surface area (Å²) in [7, 11) is 0. The molecule has 0 saturated carbocycles. The summed E-state index contributed by atoms with van der Waals surface area (Å²) in [6.45, 7) is 0.335. The summed E-state index contributed by atoms with van der Waals surface area (Å²) in [4.78, 5) is 38.5. The van der Waals surface area contributed by atoms with E-state index < -0.39 is 18.5 Å². The van der Waals surface area contributed by atoms with E-state index in [2.05, 4.69) is 10.6 Å². The number of esters is 1. The third-order valence-corrected chi connectivity index (χ3v) is 5.56. The van der Waals surface area contributed by atoms with Gasteiger partial charge in [-0.2, -0.15) is 5.26 Å². The Labute approximate surface area is 164 Å². The molecule has 1 aromatic heterocycles. The number of ether oxygens (including phenoxy) is 1. The quantitative estimate of drug-likeness (QED) is 0.768. The van der Waals surface area contributed by atoms with Gasteiger partial charge in [0.1, 0.15) is 17.1 Å². The van der Waals surface area contributed by atoms with Gasteiger partial charge >= 0.3 is 5.97 Å². The van der Waals surface area contributed by atoms with E-state index in [9.17, 15) is 14.4 Å². The smallest absolute Gasteiger partial charge is 0.338 e. The van der Waals surface area contributed by atoms with Gasteiger partial charge in [0.25, 0.3) is 5.91 Å². The molecule has 2 N–H and O–H groups in total. The molecule has 0 unspecified atom stereocenters. The van der Waals surface area contributed by atoms with Crippen molar-refractivity contribution in [1.82, 2.24) is 0 Å². The molecule has 0 aliphatic carbocycles. The van der Waals surface area contributed by atoms with E-state index in [1.54, 1.807) is 29.6 Å². The molecule has 2 aliphatic rings. The maximum absolute atomic E-state index is 12.3. The summed E-state index contributed by atoms with van der Waals surface area (Å²) in [6, 6.07) is 8.39. The zero-order valence-corrected chi connectivity index (χ0v) is 15.5. The fraction of sp³-hybridized carbons (Fsp3) is 0.263. The lowest BCUT2D eigenvalue weighted by molar-refractivity contribution is -0.119. The van der Waals surface area contributed by atoms with Crippen molar-refractivity contribution in [3.63, 3.8) is 0 Å². The number of carbonyl (C=O) groups is 3. The number of anilines is 3. The van der Waals surface area contributed by atoms with E-state index in [-0.39, 0.29) is 17.5 Å². The lowest BCUT2D eigenvalue weighted by Gasteiger charge is -2.33. The summed E-state index contributed by atoms with van der Waals surface area (Å²) in [5, 5.41) is 16.4. The number of benzene rings is 1. The zero-order valence-electron chi connectivity index (χ0n) is 14.7. The van der Waals surface area contributed by atoms with Gasteiger partial charge in [0.2, 0.25) is 5.91 Å². The minimum atomic E-state index is -0.664. The molecular weight excluding hydrogens is 380 g/mol. The first-order chi connectivity index (χ1) is 13.6. The number of hydrogen-bond donors (Lipinski definition) is 2. The number of nitriles is 1. The summed E-state index contributed by atoms with van der Waals surface area (Å²) in [5.41, 5.74) is 2.06. The Morgan fingerprint density at radius 1 is 1.39 bits per heavy atom. The van der Waals surface area contributed by atoms with E-state index >= 15 is 0 Å². The second kappa shape index (κ2) is 7.32. The molecule has 142 valence electrons. The minimum Gasteiger partial charge on any atom is -0.452 e. The number of nitrogens with one attached hydrogen (secondary N) is 2. The van der Waals surface area contributed by atoms with Gasteiger partial charge in [-0.05, 0) is 42.5 Å². The molecule has 2 amide bonds. The molecule has 0 spiro atoms. The Morgan fingerprint density at radius 3 is 3.07 bits per heavy atom. The molecule has 1 saturated heterocycles. The Balaban J connectivity index is 1.40. The molecule has 9 heteroatoms. The van der Waals surface area contributed by atoms with E-state index in [0.29, 0.717) is 16.3 Å². The molecule has 1 aromatic carbocycles. The molecule has 8 nitrogen and oxygen atoms in total. The van der Waals surface area contributed by atoms with Gasteiger partial charge in [0, 0.05) is 6.54 Å². The second-order valence-electron chi connectivity index (χ2n) is 6.47. The molecular formula is C19H16N4O4S. The van der Waals surface area contributed by atoms with Crippen molar-refractivity contribution in [3.8, 4) is 6.07 Å². The van der Waals surface area contributed by atoms with Crippen LogP contribution in [0.3, 0.4) is 0 Å². The number of rotatable bonds is 4. The number of carbonyl (C=O) groups excluding carboxylic acids is 3. The topological polar surface area (TPSA) is 112 Å². The number of amides is 2. The van der Waals surface area contributed by atoms with Crippen molar-refractivity contribution in [1.29, 1.82) is 5.26 Å². The summed E-state index contributed by atoms with van der Waals surface area (Å²) >= 11 is 1.22. The van der Waals surface area contributed by atoms with E-state index in [4.69, 9.17) is 10.00 Å².